The van der Waals surface area contributed by atoms with E-state index >= 15 is 0 Å². The molecule has 3 heterocycles. The monoisotopic (exact) mass is 227 g/mol. The van der Waals surface area contributed by atoms with Crippen molar-refractivity contribution in [2.24, 2.45) is 0 Å². The minimum atomic E-state index is -0.748. The summed E-state index contributed by atoms with van der Waals surface area (Å²) in [4.78, 5) is 10.6. The number of rotatable bonds is 3. The molecule has 4 nitrogen and oxygen atoms in total. The maximum Gasteiger partial charge on any atom is 0.604 e. The molecule has 1 N–H and O–H groups in total. The summed E-state index contributed by atoms with van der Waals surface area (Å²) in [7, 11) is 0.774. The van der Waals surface area contributed by atoms with Crippen LogP contribution in [0.15, 0.2) is 30.0 Å². The molecule has 2 aliphatic rings. The first-order chi connectivity index (χ1) is 8.24. The van der Waals surface area contributed by atoms with Gasteiger partial charge in [0, 0.05) is 29.6 Å². The second-order valence-electron chi connectivity index (χ2n) is 4.26. The van der Waals surface area contributed by atoms with E-state index in [0.29, 0.717) is 6.42 Å². The standard InChI is InChI=1S/C12H11BN2O2/c16-12(17)6-5-9-3-4-11-8-10-2-1-7-14(10)13-15(9)11/h1-4,7-8,13H,5-6H2/p+1. The zero-order chi connectivity index (χ0) is 11.8. The van der Waals surface area contributed by atoms with Crippen molar-refractivity contribution in [3.63, 3.8) is 0 Å². The lowest BCUT2D eigenvalue weighted by atomic mass is 10.0. The molecule has 0 saturated heterocycles. The van der Waals surface area contributed by atoms with Gasteiger partial charge in [-0.25, -0.2) is 0 Å². The predicted molar refractivity (Wildman–Crippen MR) is 66.4 cm³/mol. The van der Waals surface area contributed by atoms with Gasteiger partial charge in [-0.1, -0.05) is 0 Å². The highest BCUT2D eigenvalue weighted by atomic mass is 16.4. The Balaban J connectivity index is 1.90. The van der Waals surface area contributed by atoms with Crippen molar-refractivity contribution in [1.29, 1.82) is 0 Å². The van der Waals surface area contributed by atoms with Gasteiger partial charge < -0.3 is 9.58 Å². The van der Waals surface area contributed by atoms with Crippen molar-refractivity contribution in [3.05, 3.63) is 41.4 Å². The lowest BCUT2D eigenvalue weighted by Crippen LogP contribution is -2.27. The minimum absolute atomic E-state index is 0.183. The van der Waals surface area contributed by atoms with Gasteiger partial charge in [0.05, 0.1) is 6.42 Å². The Labute approximate surface area is 99.5 Å². The molecule has 2 aliphatic heterocycles. The zero-order valence-corrected chi connectivity index (χ0v) is 9.34. The predicted octanol–water partition coefficient (Wildman–Crippen LogP) is 0.627. The maximum absolute atomic E-state index is 10.6. The zero-order valence-electron chi connectivity index (χ0n) is 9.34. The molecular formula is C12H12BN2O2+. The molecule has 5 heteroatoms. The molecule has 1 aromatic rings. The number of carboxylic acids is 1. The second-order valence-corrected chi connectivity index (χ2v) is 4.26. The molecule has 0 amide bonds. The summed E-state index contributed by atoms with van der Waals surface area (Å²) in [6.07, 6.45) is 9.02. The number of aromatic nitrogens is 1. The molecule has 0 spiro atoms. The first kappa shape index (κ1) is 10.1. The Morgan fingerprint density at radius 2 is 2.35 bits per heavy atom. The molecule has 0 bridgehead atoms. The topological polar surface area (TPSA) is 45.2 Å². The van der Waals surface area contributed by atoms with E-state index < -0.39 is 5.97 Å². The van der Waals surface area contributed by atoms with Crippen LogP contribution in [0.1, 0.15) is 17.8 Å². The fraction of sp³-hybridized carbons (Fsp3) is 0.167. The summed E-state index contributed by atoms with van der Waals surface area (Å²) in [5.41, 5.74) is 3.43. The molecule has 1 aromatic heterocycles. The van der Waals surface area contributed by atoms with E-state index in [1.54, 1.807) is 0 Å². The number of aryl methyl sites for hydroxylation is 1. The molecule has 0 saturated carbocycles. The van der Waals surface area contributed by atoms with E-state index in [2.05, 4.69) is 21.1 Å². The van der Waals surface area contributed by atoms with Gasteiger partial charge in [-0.2, -0.15) is 0 Å². The first-order valence-corrected chi connectivity index (χ1v) is 5.64. The molecule has 0 aliphatic carbocycles. The summed E-state index contributed by atoms with van der Waals surface area (Å²) in [6.45, 7) is 0. The molecule has 0 aromatic carbocycles. The Bertz CT molecular complexity index is 581. The van der Waals surface area contributed by atoms with E-state index in [4.69, 9.17) is 5.11 Å². The number of carbonyl (C=O) groups is 1. The first-order valence-electron chi connectivity index (χ1n) is 5.64. The van der Waals surface area contributed by atoms with Crippen LogP contribution in [0.5, 0.6) is 0 Å². The molecule has 84 valence electrons. The lowest BCUT2D eigenvalue weighted by Gasteiger charge is -2.12. The summed E-state index contributed by atoms with van der Waals surface area (Å²) in [6, 6.07) is 4.06. The van der Waals surface area contributed by atoms with Crippen molar-refractivity contribution >= 4 is 25.8 Å². The number of allylic oxidation sites excluding steroid dienone is 2. The fourth-order valence-corrected chi connectivity index (χ4v) is 2.27. The van der Waals surface area contributed by atoms with Gasteiger partial charge in [-0.15, -0.1) is 0 Å². The summed E-state index contributed by atoms with van der Waals surface area (Å²) < 4.78 is 4.31. The smallest absolute Gasteiger partial charge is 0.481 e. The highest BCUT2D eigenvalue weighted by Gasteiger charge is 2.26. The van der Waals surface area contributed by atoms with E-state index in [9.17, 15) is 4.79 Å². The second kappa shape index (κ2) is 3.77. The van der Waals surface area contributed by atoms with Crippen molar-refractivity contribution in [1.82, 2.24) is 4.48 Å². The Kier molecular flexibility index (Phi) is 2.25. The Morgan fingerprint density at radius 3 is 3.18 bits per heavy atom. The number of aliphatic carboxylic acids is 1. The van der Waals surface area contributed by atoms with Crippen molar-refractivity contribution in [3.8, 4) is 0 Å². The van der Waals surface area contributed by atoms with E-state index in [0.717, 1.165) is 18.9 Å². The van der Waals surface area contributed by atoms with Crippen molar-refractivity contribution in [2.45, 2.75) is 12.8 Å². The number of carboxylic acid groups (broad SMARTS) is 1. The van der Waals surface area contributed by atoms with E-state index in [1.807, 2.05) is 24.4 Å². The van der Waals surface area contributed by atoms with Gasteiger partial charge in [-0.05, 0) is 18.6 Å². The molecule has 0 radical (unpaired) electrons. The summed E-state index contributed by atoms with van der Waals surface area (Å²) in [5.74, 6) is -0.748. The highest BCUT2D eigenvalue weighted by Crippen LogP contribution is 2.20. The molecule has 0 unspecified atom stereocenters. The van der Waals surface area contributed by atoms with Gasteiger partial charge in [0.1, 0.15) is 6.21 Å². The van der Waals surface area contributed by atoms with Gasteiger partial charge in [0.2, 0.25) is 0 Å². The number of hydrogen-bond acceptors (Lipinski definition) is 1. The van der Waals surface area contributed by atoms with E-state index in [1.165, 1.54) is 5.70 Å². The van der Waals surface area contributed by atoms with Crippen LogP contribution in [0, 0.1) is 0 Å². The van der Waals surface area contributed by atoms with Gasteiger partial charge in [-0.3, -0.25) is 9.28 Å². The molecular weight excluding hydrogens is 215 g/mol. The SMILES string of the molecule is O=C(O)CCc1ccc2n1B[N+]1=CC=CC1=C2. The van der Waals surface area contributed by atoms with Crippen LogP contribution in [0.3, 0.4) is 0 Å². The number of fused-ring (bicyclic) bond motifs is 2. The highest BCUT2D eigenvalue weighted by molar-refractivity contribution is 6.27. The number of hydrogen-bond donors (Lipinski definition) is 1. The van der Waals surface area contributed by atoms with Crippen LogP contribution < -0.4 is 0 Å². The van der Waals surface area contributed by atoms with Crippen LogP contribution in [-0.4, -0.2) is 33.8 Å². The van der Waals surface area contributed by atoms with E-state index in [-0.39, 0.29) is 6.42 Å². The van der Waals surface area contributed by atoms with Gasteiger partial charge in [0.25, 0.3) is 0 Å². The van der Waals surface area contributed by atoms with Crippen LogP contribution in [0.25, 0.3) is 6.08 Å². The van der Waals surface area contributed by atoms with Crippen molar-refractivity contribution < 1.29 is 14.4 Å². The van der Waals surface area contributed by atoms with Crippen LogP contribution in [0.2, 0.25) is 0 Å². The largest absolute Gasteiger partial charge is 0.604 e. The van der Waals surface area contributed by atoms with Gasteiger partial charge in [0.15, 0.2) is 5.70 Å². The average molecular weight is 227 g/mol. The molecule has 0 fully saturated rings. The summed E-state index contributed by atoms with van der Waals surface area (Å²) >= 11 is 0. The van der Waals surface area contributed by atoms with Crippen molar-refractivity contribution in [2.75, 3.05) is 0 Å². The third-order valence-corrected chi connectivity index (χ3v) is 3.15. The molecule has 3 rings (SSSR count). The van der Waals surface area contributed by atoms with Crippen LogP contribution >= 0.6 is 0 Å². The van der Waals surface area contributed by atoms with Crippen LogP contribution in [0.4, 0.5) is 0 Å². The lowest BCUT2D eigenvalue weighted by molar-refractivity contribution is -0.306. The molecule has 17 heavy (non-hydrogen) atoms. The minimum Gasteiger partial charge on any atom is -0.481 e. The Morgan fingerprint density at radius 1 is 1.47 bits per heavy atom. The quantitative estimate of drug-likeness (QED) is 0.769. The van der Waals surface area contributed by atoms with Gasteiger partial charge >= 0.3 is 13.5 Å². The number of nitrogens with zero attached hydrogens (tertiary/aromatic N) is 2. The summed E-state index contributed by atoms with van der Waals surface area (Å²) in [5, 5.41) is 8.72. The third kappa shape index (κ3) is 1.73. The molecule has 0 atom stereocenters. The third-order valence-electron chi connectivity index (χ3n) is 3.15. The maximum atomic E-state index is 10.6. The fourth-order valence-electron chi connectivity index (χ4n) is 2.27. The normalized spacial score (nSPS) is 15.8. The average Bonchev–Trinajstić information content (AvgIpc) is 2.88. The van der Waals surface area contributed by atoms with Crippen LogP contribution in [-0.2, 0) is 11.2 Å². The Hall–Kier alpha value is -2.04.